The fourth-order valence-corrected chi connectivity index (χ4v) is 3.93. The van der Waals surface area contributed by atoms with Crippen molar-refractivity contribution in [1.29, 1.82) is 0 Å². The van der Waals surface area contributed by atoms with Gasteiger partial charge in [0.15, 0.2) is 0 Å². The number of carbonyl (C=O) groups excluding carboxylic acids is 1. The van der Waals surface area contributed by atoms with Gasteiger partial charge < -0.3 is 15.5 Å². The lowest BCUT2D eigenvalue weighted by molar-refractivity contribution is -0.123. The molecule has 3 rings (SSSR count). The largest absolute Gasteiger partial charge is 0.369 e. The standard InChI is InChI=1S/C21H34N4O/c1-18-7-6-8-19(17-18)25-15-13-24(14-16-25)12-5-4-11-23-21(26)20-9-2-3-10-22-20/h6-8,17,20,22H,2-5,9-16H2,1H3,(H,23,26). The SMILES string of the molecule is Cc1cccc(N2CCN(CCCCNC(=O)C3CCCCN3)CC2)c1. The molecule has 2 N–H and O–H groups in total. The second-order valence-corrected chi connectivity index (χ2v) is 7.67. The van der Waals surface area contributed by atoms with Crippen LogP contribution < -0.4 is 15.5 Å². The van der Waals surface area contributed by atoms with E-state index in [9.17, 15) is 4.79 Å². The van der Waals surface area contributed by atoms with E-state index in [2.05, 4.69) is 51.6 Å². The number of nitrogens with one attached hydrogen (secondary N) is 2. The van der Waals surface area contributed by atoms with E-state index in [0.29, 0.717) is 0 Å². The van der Waals surface area contributed by atoms with Gasteiger partial charge >= 0.3 is 0 Å². The van der Waals surface area contributed by atoms with Crippen LogP contribution in [0.4, 0.5) is 5.69 Å². The van der Waals surface area contributed by atoms with Gasteiger partial charge in [0.05, 0.1) is 6.04 Å². The average Bonchev–Trinajstić information content (AvgIpc) is 2.69. The van der Waals surface area contributed by atoms with E-state index < -0.39 is 0 Å². The van der Waals surface area contributed by atoms with Crippen molar-refractivity contribution in [1.82, 2.24) is 15.5 Å². The number of piperazine rings is 1. The molecule has 0 aromatic heterocycles. The molecule has 2 fully saturated rings. The number of anilines is 1. The molecule has 2 heterocycles. The van der Waals surface area contributed by atoms with Crippen LogP contribution in [0.1, 0.15) is 37.7 Å². The average molecular weight is 359 g/mol. The summed E-state index contributed by atoms with van der Waals surface area (Å²) in [5.74, 6) is 0.191. The summed E-state index contributed by atoms with van der Waals surface area (Å²) >= 11 is 0. The molecule has 2 aliphatic rings. The van der Waals surface area contributed by atoms with Gasteiger partial charge in [0, 0.05) is 38.4 Å². The molecule has 0 bridgehead atoms. The van der Waals surface area contributed by atoms with Crippen molar-refractivity contribution in [2.45, 2.75) is 45.1 Å². The number of unbranched alkanes of at least 4 members (excludes halogenated alkanes) is 1. The van der Waals surface area contributed by atoms with Crippen molar-refractivity contribution < 1.29 is 4.79 Å². The Hall–Kier alpha value is -1.59. The van der Waals surface area contributed by atoms with Gasteiger partial charge in [0.25, 0.3) is 0 Å². The lowest BCUT2D eigenvalue weighted by Crippen LogP contribution is -2.47. The Morgan fingerprint density at radius 2 is 2.04 bits per heavy atom. The molecular weight excluding hydrogens is 324 g/mol. The molecule has 26 heavy (non-hydrogen) atoms. The van der Waals surface area contributed by atoms with Crippen LogP contribution in [-0.2, 0) is 4.79 Å². The molecule has 1 amide bonds. The van der Waals surface area contributed by atoms with E-state index >= 15 is 0 Å². The first-order valence-corrected chi connectivity index (χ1v) is 10.3. The number of aryl methyl sites for hydroxylation is 1. The van der Waals surface area contributed by atoms with Crippen molar-refractivity contribution in [2.75, 3.05) is 50.7 Å². The molecule has 5 heteroatoms. The van der Waals surface area contributed by atoms with Gasteiger partial charge in [0.2, 0.25) is 5.91 Å². The molecule has 0 saturated carbocycles. The summed E-state index contributed by atoms with van der Waals surface area (Å²) in [6.07, 6.45) is 5.57. The highest BCUT2D eigenvalue weighted by Gasteiger charge is 2.20. The Labute approximate surface area is 158 Å². The minimum atomic E-state index is 0.0402. The Kier molecular flexibility index (Phi) is 7.32. The fourth-order valence-electron chi connectivity index (χ4n) is 3.93. The number of nitrogens with zero attached hydrogens (tertiary/aromatic N) is 2. The Balaban J connectivity index is 1.26. The van der Waals surface area contributed by atoms with Gasteiger partial charge in [0.1, 0.15) is 0 Å². The van der Waals surface area contributed by atoms with E-state index in [0.717, 1.165) is 65.1 Å². The third-order valence-corrected chi connectivity index (χ3v) is 5.57. The normalized spacial score (nSPS) is 21.6. The molecule has 0 aliphatic carbocycles. The van der Waals surface area contributed by atoms with Crippen molar-refractivity contribution in [2.24, 2.45) is 0 Å². The first-order chi connectivity index (χ1) is 12.7. The second kappa shape index (κ2) is 9.93. The van der Waals surface area contributed by atoms with Gasteiger partial charge in [-0.05, 0) is 63.4 Å². The predicted molar refractivity (Wildman–Crippen MR) is 108 cm³/mol. The summed E-state index contributed by atoms with van der Waals surface area (Å²) in [6.45, 7) is 9.55. The number of hydrogen-bond donors (Lipinski definition) is 2. The zero-order chi connectivity index (χ0) is 18.2. The molecule has 1 aromatic rings. The molecule has 144 valence electrons. The summed E-state index contributed by atoms with van der Waals surface area (Å²) in [5.41, 5.74) is 2.68. The molecule has 0 spiro atoms. The summed E-state index contributed by atoms with van der Waals surface area (Å²) in [6, 6.07) is 8.83. The zero-order valence-electron chi connectivity index (χ0n) is 16.2. The molecule has 0 radical (unpaired) electrons. The number of benzene rings is 1. The first-order valence-electron chi connectivity index (χ1n) is 10.3. The fraction of sp³-hybridized carbons (Fsp3) is 0.667. The van der Waals surface area contributed by atoms with Crippen molar-refractivity contribution >= 4 is 11.6 Å². The molecule has 5 nitrogen and oxygen atoms in total. The number of amides is 1. The summed E-state index contributed by atoms with van der Waals surface area (Å²) in [4.78, 5) is 17.1. The van der Waals surface area contributed by atoms with Crippen LogP contribution in [0.2, 0.25) is 0 Å². The topological polar surface area (TPSA) is 47.6 Å². The number of carbonyl (C=O) groups is 1. The highest BCUT2D eigenvalue weighted by atomic mass is 16.2. The predicted octanol–water partition coefficient (Wildman–Crippen LogP) is 2.16. The molecule has 1 unspecified atom stereocenters. The van der Waals surface area contributed by atoms with E-state index in [1.165, 1.54) is 24.1 Å². The van der Waals surface area contributed by atoms with Gasteiger partial charge in [-0.1, -0.05) is 18.6 Å². The van der Waals surface area contributed by atoms with E-state index in [1.807, 2.05) is 0 Å². The smallest absolute Gasteiger partial charge is 0.237 e. The molecule has 1 aromatic carbocycles. The van der Waals surface area contributed by atoms with Crippen molar-refractivity contribution in [3.05, 3.63) is 29.8 Å². The molecular formula is C21H34N4O. The maximum atomic E-state index is 12.1. The van der Waals surface area contributed by atoms with Crippen LogP contribution >= 0.6 is 0 Å². The monoisotopic (exact) mass is 358 g/mol. The van der Waals surface area contributed by atoms with Crippen molar-refractivity contribution in [3.63, 3.8) is 0 Å². The number of piperidine rings is 1. The van der Waals surface area contributed by atoms with Gasteiger partial charge in [-0.2, -0.15) is 0 Å². The number of rotatable bonds is 7. The van der Waals surface area contributed by atoms with E-state index in [-0.39, 0.29) is 11.9 Å². The molecule has 1 atom stereocenters. The maximum absolute atomic E-state index is 12.1. The summed E-state index contributed by atoms with van der Waals surface area (Å²) in [7, 11) is 0. The van der Waals surface area contributed by atoms with Crippen molar-refractivity contribution in [3.8, 4) is 0 Å². The quantitative estimate of drug-likeness (QED) is 0.734. The minimum absolute atomic E-state index is 0.0402. The Morgan fingerprint density at radius 1 is 1.19 bits per heavy atom. The van der Waals surface area contributed by atoms with Crippen LogP contribution in [0.5, 0.6) is 0 Å². The second-order valence-electron chi connectivity index (χ2n) is 7.67. The van der Waals surface area contributed by atoms with E-state index in [4.69, 9.17) is 0 Å². The third kappa shape index (κ3) is 5.71. The highest BCUT2D eigenvalue weighted by Crippen LogP contribution is 2.17. The number of hydrogen-bond acceptors (Lipinski definition) is 4. The molecule has 2 aliphatic heterocycles. The van der Waals surface area contributed by atoms with Crippen LogP contribution in [0, 0.1) is 6.92 Å². The van der Waals surface area contributed by atoms with Gasteiger partial charge in [-0.25, -0.2) is 0 Å². The van der Waals surface area contributed by atoms with Crippen LogP contribution in [0.15, 0.2) is 24.3 Å². The Morgan fingerprint density at radius 3 is 2.77 bits per heavy atom. The lowest BCUT2D eigenvalue weighted by Gasteiger charge is -2.36. The van der Waals surface area contributed by atoms with Crippen LogP contribution in [0.25, 0.3) is 0 Å². The van der Waals surface area contributed by atoms with Crippen LogP contribution in [0.3, 0.4) is 0 Å². The molecule has 2 saturated heterocycles. The van der Waals surface area contributed by atoms with Gasteiger partial charge in [-0.3, -0.25) is 9.69 Å². The third-order valence-electron chi connectivity index (χ3n) is 5.57. The van der Waals surface area contributed by atoms with E-state index in [1.54, 1.807) is 0 Å². The zero-order valence-corrected chi connectivity index (χ0v) is 16.2. The summed E-state index contributed by atoms with van der Waals surface area (Å²) < 4.78 is 0. The maximum Gasteiger partial charge on any atom is 0.237 e. The summed E-state index contributed by atoms with van der Waals surface area (Å²) in [5, 5.41) is 6.40. The lowest BCUT2D eigenvalue weighted by atomic mass is 10.0. The highest BCUT2D eigenvalue weighted by molar-refractivity contribution is 5.81. The van der Waals surface area contributed by atoms with Crippen LogP contribution in [-0.4, -0.2) is 62.7 Å². The Bertz CT molecular complexity index is 563. The minimum Gasteiger partial charge on any atom is -0.369 e. The van der Waals surface area contributed by atoms with Gasteiger partial charge in [-0.15, -0.1) is 0 Å². The first kappa shape index (κ1) is 19.2.